The monoisotopic (exact) mass is 458 g/mol. The number of aromatic amines is 1. The van der Waals surface area contributed by atoms with Gasteiger partial charge in [-0.1, -0.05) is 24.3 Å². The quantitative estimate of drug-likeness (QED) is 0.693. The van der Waals surface area contributed by atoms with Crippen molar-refractivity contribution in [2.75, 3.05) is 26.2 Å². The van der Waals surface area contributed by atoms with Gasteiger partial charge < -0.3 is 15.2 Å². The number of piperidine rings is 1. The molecule has 1 aromatic carbocycles. The van der Waals surface area contributed by atoms with Crippen molar-refractivity contribution in [1.29, 1.82) is 0 Å². The molecule has 0 aliphatic carbocycles. The molecular weight excluding hydrogens is 428 g/mol. The molecule has 0 radical (unpaired) electrons. The summed E-state index contributed by atoms with van der Waals surface area (Å²) in [5, 5.41) is 2.95. The van der Waals surface area contributed by atoms with E-state index in [1.54, 1.807) is 4.90 Å². The average molecular weight is 459 g/mol. The maximum Gasteiger partial charge on any atom is 0.270 e. The Morgan fingerprint density at radius 3 is 2.62 bits per heavy atom. The fourth-order valence-corrected chi connectivity index (χ4v) is 5.91. The lowest BCUT2D eigenvalue weighted by Crippen LogP contribution is -2.45. The number of aryl methyl sites for hydroxylation is 1. The lowest BCUT2D eigenvalue weighted by Gasteiger charge is -2.31. The lowest BCUT2D eigenvalue weighted by molar-refractivity contribution is -0.126. The number of carbonyl (C=O) groups excluding carboxylic acids is 2. The molecule has 2 N–H and O–H groups in total. The minimum absolute atomic E-state index is 0.0704. The van der Waals surface area contributed by atoms with Gasteiger partial charge >= 0.3 is 0 Å². The zero-order valence-electron chi connectivity index (χ0n) is 18.3. The van der Waals surface area contributed by atoms with E-state index in [0.29, 0.717) is 39.0 Å². The molecule has 9 heteroatoms. The second kappa shape index (κ2) is 9.46. The minimum Gasteiger partial charge on any atom is -0.356 e. The SMILES string of the molecule is Cc1ccccc1CNC(=O)C1CCCN(S(=O)(=O)c2c[nH]c(C(=O)N3CCCC3)c2)C1. The van der Waals surface area contributed by atoms with Crippen LogP contribution in [0, 0.1) is 12.8 Å². The molecule has 2 amide bonds. The number of amides is 2. The van der Waals surface area contributed by atoms with Gasteiger partial charge in [-0.05, 0) is 49.8 Å². The van der Waals surface area contributed by atoms with Crippen molar-refractivity contribution < 1.29 is 18.0 Å². The molecule has 0 spiro atoms. The third-order valence-electron chi connectivity index (χ3n) is 6.39. The van der Waals surface area contributed by atoms with Gasteiger partial charge in [0.05, 0.1) is 5.92 Å². The molecule has 2 aliphatic rings. The Morgan fingerprint density at radius 1 is 1.12 bits per heavy atom. The summed E-state index contributed by atoms with van der Waals surface area (Å²) in [5.74, 6) is -0.699. The number of hydrogen-bond acceptors (Lipinski definition) is 4. The third kappa shape index (κ3) is 4.73. The van der Waals surface area contributed by atoms with Crippen LogP contribution in [0.3, 0.4) is 0 Å². The van der Waals surface area contributed by atoms with Gasteiger partial charge in [0.25, 0.3) is 5.91 Å². The molecule has 1 atom stereocenters. The number of rotatable bonds is 6. The number of nitrogens with one attached hydrogen (secondary N) is 2. The summed E-state index contributed by atoms with van der Waals surface area (Å²) in [4.78, 5) is 29.9. The van der Waals surface area contributed by atoms with Crippen LogP contribution in [0.4, 0.5) is 0 Å². The van der Waals surface area contributed by atoms with Gasteiger partial charge in [-0.25, -0.2) is 8.42 Å². The smallest absolute Gasteiger partial charge is 0.270 e. The molecule has 0 saturated carbocycles. The predicted octanol–water partition coefficient (Wildman–Crippen LogP) is 2.28. The van der Waals surface area contributed by atoms with E-state index in [4.69, 9.17) is 0 Å². The minimum atomic E-state index is -3.79. The Morgan fingerprint density at radius 2 is 1.88 bits per heavy atom. The van der Waals surface area contributed by atoms with E-state index in [9.17, 15) is 18.0 Å². The third-order valence-corrected chi connectivity index (χ3v) is 8.23. The van der Waals surface area contributed by atoms with Crippen LogP contribution in [0.15, 0.2) is 41.4 Å². The summed E-state index contributed by atoms with van der Waals surface area (Å²) in [6.07, 6.45) is 4.58. The van der Waals surface area contributed by atoms with E-state index in [1.807, 2.05) is 31.2 Å². The Hall–Kier alpha value is -2.65. The number of aromatic nitrogens is 1. The molecule has 2 saturated heterocycles. The number of hydrogen-bond donors (Lipinski definition) is 2. The second-order valence-corrected chi connectivity index (χ2v) is 10.5. The van der Waals surface area contributed by atoms with Gasteiger partial charge in [-0.2, -0.15) is 4.31 Å². The summed E-state index contributed by atoms with van der Waals surface area (Å²) < 4.78 is 27.7. The van der Waals surface area contributed by atoms with E-state index in [2.05, 4.69) is 10.3 Å². The molecule has 2 fully saturated rings. The summed E-state index contributed by atoms with van der Waals surface area (Å²) in [5.41, 5.74) is 2.44. The highest BCUT2D eigenvalue weighted by atomic mass is 32.2. The first-order chi connectivity index (χ1) is 15.4. The number of H-pyrrole nitrogens is 1. The maximum atomic E-state index is 13.2. The average Bonchev–Trinajstić information content (AvgIpc) is 3.51. The number of sulfonamides is 1. The highest BCUT2D eigenvalue weighted by Crippen LogP contribution is 2.25. The molecule has 4 rings (SSSR count). The van der Waals surface area contributed by atoms with Gasteiger partial charge in [-0.15, -0.1) is 0 Å². The lowest BCUT2D eigenvalue weighted by atomic mass is 9.98. The van der Waals surface area contributed by atoms with Crippen molar-refractivity contribution in [2.45, 2.75) is 44.0 Å². The number of carbonyl (C=O) groups is 2. The number of likely N-dealkylation sites (tertiary alicyclic amines) is 1. The van der Waals surface area contributed by atoms with E-state index in [1.165, 1.54) is 16.6 Å². The van der Waals surface area contributed by atoms with Gasteiger partial charge in [0.2, 0.25) is 15.9 Å². The van der Waals surface area contributed by atoms with Gasteiger partial charge in [-0.3, -0.25) is 9.59 Å². The Kier molecular flexibility index (Phi) is 6.66. The summed E-state index contributed by atoms with van der Waals surface area (Å²) in [6.45, 7) is 4.33. The molecular formula is C23H30N4O4S. The summed E-state index contributed by atoms with van der Waals surface area (Å²) in [6, 6.07) is 9.27. The predicted molar refractivity (Wildman–Crippen MR) is 120 cm³/mol. The fraction of sp³-hybridized carbons (Fsp3) is 0.478. The first-order valence-corrected chi connectivity index (χ1v) is 12.6. The number of nitrogens with zero attached hydrogens (tertiary/aromatic N) is 2. The summed E-state index contributed by atoms with van der Waals surface area (Å²) in [7, 11) is -3.79. The van der Waals surface area contributed by atoms with Crippen molar-refractivity contribution >= 4 is 21.8 Å². The van der Waals surface area contributed by atoms with Crippen LogP contribution in [-0.2, 0) is 21.4 Å². The van der Waals surface area contributed by atoms with Crippen molar-refractivity contribution in [3.8, 4) is 0 Å². The normalized spacial score (nSPS) is 19.8. The zero-order valence-corrected chi connectivity index (χ0v) is 19.2. The fourth-order valence-electron chi connectivity index (χ4n) is 4.40. The largest absolute Gasteiger partial charge is 0.356 e. The molecule has 172 valence electrons. The van der Waals surface area contributed by atoms with Gasteiger partial charge in [0, 0.05) is 38.9 Å². The van der Waals surface area contributed by atoms with E-state index in [0.717, 1.165) is 24.0 Å². The molecule has 32 heavy (non-hydrogen) atoms. The first-order valence-electron chi connectivity index (χ1n) is 11.2. The van der Waals surface area contributed by atoms with Crippen LogP contribution in [0.5, 0.6) is 0 Å². The molecule has 2 aromatic rings. The Bertz CT molecular complexity index is 1090. The molecule has 2 aliphatic heterocycles. The zero-order chi connectivity index (χ0) is 22.7. The molecule has 0 bridgehead atoms. The van der Waals surface area contributed by atoms with E-state index < -0.39 is 15.9 Å². The van der Waals surface area contributed by atoms with Crippen molar-refractivity contribution in [3.63, 3.8) is 0 Å². The highest BCUT2D eigenvalue weighted by Gasteiger charge is 2.34. The van der Waals surface area contributed by atoms with Gasteiger partial charge in [0.1, 0.15) is 10.6 Å². The maximum absolute atomic E-state index is 13.2. The Balaban J connectivity index is 1.40. The first kappa shape index (κ1) is 22.5. The van der Waals surface area contributed by atoms with E-state index >= 15 is 0 Å². The van der Waals surface area contributed by atoms with Crippen molar-refractivity contribution in [2.24, 2.45) is 5.92 Å². The van der Waals surface area contributed by atoms with Crippen LogP contribution >= 0.6 is 0 Å². The van der Waals surface area contributed by atoms with Gasteiger partial charge in [0.15, 0.2) is 0 Å². The van der Waals surface area contributed by atoms with Crippen LogP contribution in [0.2, 0.25) is 0 Å². The molecule has 3 heterocycles. The molecule has 1 unspecified atom stereocenters. The molecule has 8 nitrogen and oxygen atoms in total. The molecule has 1 aromatic heterocycles. The van der Waals surface area contributed by atoms with Crippen molar-refractivity contribution in [1.82, 2.24) is 19.5 Å². The topological polar surface area (TPSA) is 103 Å². The second-order valence-electron chi connectivity index (χ2n) is 8.59. The van der Waals surface area contributed by atoms with Crippen LogP contribution in [0.25, 0.3) is 0 Å². The number of benzene rings is 1. The Labute approximate surface area is 189 Å². The van der Waals surface area contributed by atoms with Crippen LogP contribution in [-0.4, -0.2) is 60.6 Å². The van der Waals surface area contributed by atoms with Crippen molar-refractivity contribution in [3.05, 3.63) is 53.3 Å². The van der Waals surface area contributed by atoms with Crippen LogP contribution < -0.4 is 5.32 Å². The standard InChI is InChI=1S/C23H30N4O4S/c1-17-7-2-3-8-18(17)14-25-22(28)19-9-6-12-27(16-19)32(30,31)20-13-21(24-15-20)23(29)26-10-4-5-11-26/h2-3,7-8,13,15,19,24H,4-6,9-12,14,16H2,1H3,(H,25,28). The highest BCUT2D eigenvalue weighted by molar-refractivity contribution is 7.89. The van der Waals surface area contributed by atoms with E-state index in [-0.39, 0.29) is 28.9 Å². The summed E-state index contributed by atoms with van der Waals surface area (Å²) >= 11 is 0. The van der Waals surface area contributed by atoms with Crippen LogP contribution in [0.1, 0.15) is 47.3 Å².